The Kier molecular flexibility index (Phi) is 5.76. The molecule has 2 aromatic rings. The molecule has 0 fully saturated rings. The maximum Gasteiger partial charge on any atom is 0.0548 e. The van der Waals surface area contributed by atoms with Crippen molar-refractivity contribution >= 4 is 27.5 Å². The SMILES string of the molecule is Cc1cccc(CN(C)C(CN)c2ccc(Cl)c(Br)c2)n1. The molecule has 3 nitrogen and oxygen atoms in total. The quantitative estimate of drug-likeness (QED) is 0.869. The molecule has 112 valence electrons. The molecular weight excluding hydrogens is 350 g/mol. The van der Waals surface area contributed by atoms with E-state index in [1.165, 1.54) is 0 Å². The van der Waals surface area contributed by atoms with Crippen LogP contribution in [0.4, 0.5) is 0 Å². The molecule has 1 aromatic carbocycles. The molecule has 0 bridgehead atoms. The zero-order valence-corrected chi connectivity index (χ0v) is 14.5. The summed E-state index contributed by atoms with van der Waals surface area (Å²) in [6, 6.07) is 12.1. The Balaban J connectivity index is 2.18. The van der Waals surface area contributed by atoms with Crippen molar-refractivity contribution in [3.8, 4) is 0 Å². The first-order chi connectivity index (χ1) is 10.0. The van der Waals surface area contributed by atoms with E-state index >= 15 is 0 Å². The van der Waals surface area contributed by atoms with Gasteiger partial charge in [-0.2, -0.15) is 0 Å². The summed E-state index contributed by atoms with van der Waals surface area (Å²) in [6.07, 6.45) is 0. The number of hydrogen-bond acceptors (Lipinski definition) is 3. The Hall–Kier alpha value is -0.940. The fraction of sp³-hybridized carbons (Fsp3) is 0.312. The monoisotopic (exact) mass is 367 g/mol. The molecule has 1 atom stereocenters. The fourth-order valence-corrected chi connectivity index (χ4v) is 2.86. The standard InChI is InChI=1S/C16H19BrClN3/c1-11-4-3-5-13(20-11)10-21(2)16(9-19)12-6-7-15(18)14(17)8-12/h3-8,16H,9-10,19H2,1-2H3. The van der Waals surface area contributed by atoms with Crippen LogP contribution in [0.3, 0.4) is 0 Å². The molecular formula is C16H19BrClN3. The van der Waals surface area contributed by atoms with Gasteiger partial charge >= 0.3 is 0 Å². The first-order valence-electron chi connectivity index (χ1n) is 6.79. The Morgan fingerprint density at radius 3 is 2.71 bits per heavy atom. The lowest BCUT2D eigenvalue weighted by molar-refractivity contribution is 0.239. The van der Waals surface area contributed by atoms with Crippen molar-refractivity contribution in [2.24, 2.45) is 5.73 Å². The maximum absolute atomic E-state index is 6.05. The number of rotatable bonds is 5. The van der Waals surface area contributed by atoms with Crippen molar-refractivity contribution in [1.82, 2.24) is 9.88 Å². The van der Waals surface area contributed by atoms with Gasteiger partial charge < -0.3 is 5.73 Å². The largest absolute Gasteiger partial charge is 0.329 e. The molecule has 0 saturated carbocycles. The predicted molar refractivity (Wildman–Crippen MR) is 91.4 cm³/mol. The molecule has 0 aliphatic carbocycles. The van der Waals surface area contributed by atoms with E-state index in [1.54, 1.807) is 0 Å². The van der Waals surface area contributed by atoms with Crippen LogP contribution in [0.15, 0.2) is 40.9 Å². The van der Waals surface area contributed by atoms with Crippen LogP contribution in [0, 0.1) is 6.92 Å². The average Bonchev–Trinajstić information content (AvgIpc) is 2.43. The molecule has 2 N–H and O–H groups in total. The van der Waals surface area contributed by atoms with Crippen molar-refractivity contribution in [2.75, 3.05) is 13.6 Å². The van der Waals surface area contributed by atoms with Crippen LogP contribution in [-0.4, -0.2) is 23.5 Å². The first-order valence-corrected chi connectivity index (χ1v) is 7.96. The van der Waals surface area contributed by atoms with E-state index in [0.717, 1.165) is 28.0 Å². The molecule has 1 heterocycles. The van der Waals surface area contributed by atoms with E-state index in [2.05, 4.69) is 32.9 Å². The third-order valence-corrected chi connectivity index (χ3v) is 4.66. The van der Waals surface area contributed by atoms with E-state index in [1.807, 2.05) is 43.3 Å². The van der Waals surface area contributed by atoms with Gasteiger partial charge in [-0.05, 0) is 59.7 Å². The van der Waals surface area contributed by atoms with Gasteiger partial charge in [0.25, 0.3) is 0 Å². The second kappa shape index (κ2) is 7.36. The molecule has 0 aliphatic heterocycles. The third kappa shape index (κ3) is 4.27. The summed E-state index contributed by atoms with van der Waals surface area (Å²) in [5.74, 6) is 0. The number of halogens is 2. The van der Waals surface area contributed by atoms with Crippen LogP contribution < -0.4 is 5.73 Å². The Morgan fingerprint density at radius 2 is 2.10 bits per heavy atom. The number of pyridine rings is 1. The third-order valence-electron chi connectivity index (χ3n) is 3.44. The molecule has 0 amide bonds. The lowest BCUT2D eigenvalue weighted by Gasteiger charge is -2.27. The van der Waals surface area contributed by atoms with Crippen molar-refractivity contribution in [3.05, 3.63) is 62.8 Å². The van der Waals surface area contributed by atoms with Crippen LogP contribution in [0.2, 0.25) is 5.02 Å². The predicted octanol–water partition coefficient (Wildman–Crippen LogP) is 3.94. The first kappa shape index (κ1) is 16.4. The van der Waals surface area contributed by atoms with Crippen molar-refractivity contribution < 1.29 is 0 Å². The number of aromatic nitrogens is 1. The Labute approximate surface area is 139 Å². The van der Waals surface area contributed by atoms with Gasteiger partial charge in [0.1, 0.15) is 0 Å². The minimum Gasteiger partial charge on any atom is -0.329 e. The van der Waals surface area contributed by atoms with Gasteiger partial charge in [-0.25, -0.2) is 0 Å². The molecule has 1 unspecified atom stereocenters. The smallest absolute Gasteiger partial charge is 0.0548 e. The highest BCUT2D eigenvalue weighted by molar-refractivity contribution is 9.10. The van der Waals surface area contributed by atoms with Gasteiger partial charge in [0.05, 0.1) is 10.7 Å². The lowest BCUT2D eigenvalue weighted by Crippen LogP contribution is -2.30. The minimum atomic E-state index is 0.126. The van der Waals surface area contributed by atoms with Crippen molar-refractivity contribution in [1.29, 1.82) is 0 Å². The molecule has 0 saturated heterocycles. The number of nitrogens with two attached hydrogens (primary N) is 1. The van der Waals surface area contributed by atoms with Crippen LogP contribution in [-0.2, 0) is 6.54 Å². The van der Waals surface area contributed by atoms with Gasteiger partial charge in [0.2, 0.25) is 0 Å². The van der Waals surface area contributed by atoms with E-state index < -0.39 is 0 Å². The maximum atomic E-state index is 6.05. The van der Waals surface area contributed by atoms with E-state index in [-0.39, 0.29) is 6.04 Å². The highest BCUT2D eigenvalue weighted by Crippen LogP contribution is 2.28. The number of benzene rings is 1. The van der Waals surface area contributed by atoms with Gasteiger partial charge in [0, 0.05) is 29.3 Å². The van der Waals surface area contributed by atoms with Crippen LogP contribution in [0.25, 0.3) is 0 Å². The molecule has 21 heavy (non-hydrogen) atoms. The van der Waals surface area contributed by atoms with Gasteiger partial charge in [0.15, 0.2) is 0 Å². The van der Waals surface area contributed by atoms with E-state index in [0.29, 0.717) is 11.6 Å². The summed E-state index contributed by atoms with van der Waals surface area (Å²) < 4.78 is 0.891. The Bertz CT molecular complexity index is 618. The molecule has 5 heteroatoms. The summed E-state index contributed by atoms with van der Waals surface area (Å²) in [5, 5.41) is 0.706. The number of likely N-dealkylation sites (N-methyl/N-ethyl adjacent to an activating group) is 1. The lowest BCUT2D eigenvalue weighted by atomic mass is 10.1. The molecule has 0 radical (unpaired) electrons. The topological polar surface area (TPSA) is 42.1 Å². The van der Waals surface area contributed by atoms with Gasteiger partial charge in [-0.3, -0.25) is 9.88 Å². The summed E-state index contributed by atoms with van der Waals surface area (Å²) in [7, 11) is 2.06. The van der Waals surface area contributed by atoms with Crippen molar-refractivity contribution in [3.63, 3.8) is 0 Å². The minimum absolute atomic E-state index is 0.126. The van der Waals surface area contributed by atoms with Crippen LogP contribution in [0.5, 0.6) is 0 Å². The summed E-state index contributed by atoms with van der Waals surface area (Å²) >= 11 is 9.52. The molecule has 2 rings (SSSR count). The zero-order valence-electron chi connectivity index (χ0n) is 12.2. The van der Waals surface area contributed by atoms with Crippen molar-refractivity contribution in [2.45, 2.75) is 19.5 Å². The van der Waals surface area contributed by atoms with E-state index in [9.17, 15) is 0 Å². The van der Waals surface area contributed by atoms with Crippen LogP contribution in [0.1, 0.15) is 23.0 Å². The van der Waals surface area contributed by atoms with Crippen LogP contribution >= 0.6 is 27.5 Å². The second-order valence-electron chi connectivity index (χ2n) is 5.11. The average molecular weight is 369 g/mol. The summed E-state index contributed by atoms with van der Waals surface area (Å²) in [4.78, 5) is 6.75. The summed E-state index contributed by atoms with van der Waals surface area (Å²) in [5.41, 5.74) is 9.18. The highest BCUT2D eigenvalue weighted by atomic mass is 79.9. The molecule has 1 aromatic heterocycles. The van der Waals surface area contributed by atoms with E-state index in [4.69, 9.17) is 17.3 Å². The van der Waals surface area contributed by atoms with Gasteiger partial charge in [-0.1, -0.05) is 23.7 Å². The fourth-order valence-electron chi connectivity index (χ4n) is 2.34. The highest BCUT2D eigenvalue weighted by Gasteiger charge is 2.17. The molecule has 0 spiro atoms. The normalized spacial score (nSPS) is 12.7. The number of aryl methyl sites for hydroxylation is 1. The second-order valence-corrected chi connectivity index (χ2v) is 6.37. The number of hydrogen-bond donors (Lipinski definition) is 1. The summed E-state index contributed by atoms with van der Waals surface area (Å²) in [6.45, 7) is 3.29. The zero-order chi connectivity index (χ0) is 15.4. The molecule has 0 aliphatic rings. The van der Waals surface area contributed by atoms with Gasteiger partial charge in [-0.15, -0.1) is 0 Å². The Morgan fingerprint density at radius 1 is 1.33 bits per heavy atom. The number of nitrogens with zero attached hydrogens (tertiary/aromatic N) is 2.